The van der Waals surface area contributed by atoms with Gasteiger partial charge in [-0.25, -0.2) is 19.9 Å². The highest BCUT2D eigenvalue weighted by Crippen LogP contribution is 2.40. The van der Waals surface area contributed by atoms with Crippen LogP contribution in [-0.4, -0.2) is 51.2 Å². The smallest absolute Gasteiger partial charge is 0.179 e. The van der Waals surface area contributed by atoms with Crippen molar-refractivity contribution in [2.75, 3.05) is 31.2 Å². The summed E-state index contributed by atoms with van der Waals surface area (Å²) in [5.41, 5.74) is 2.80. The highest BCUT2D eigenvalue weighted by Gasteiger charge is 2.38. The van der Waals surface area contributed by atoms with Crippen LogP contribution in [0.3, 0.4) is 0 Å². The number of piperidine rings is 1. The van der Waals surface area contributed by atoms with Crippen LogP contribution in [0, 0.1) is 5.41 Å². The molecule has 6 heterocycles. The Kier molecular flexibility index (Phi) is 4.35. The molecule has 30 heavy (non-hydrogen) atoms. The molecule has 0 atom stereocenters. The van der Waals surface area contributed by atoms with Crippen LogP contribution < -0.4 is 4.90 Å². The van der Waals surface area contributed by atoms with Crippen LogP contribution in [0.15, 0.2) is 52.8 Å². The minimum absolute atomic E-state index is 0.395. The van der Waals surface area contributed by atoms with Gasteiger partial charge in [0.15, 0.2) is 5.65 Å². The molecule has 2 saturated heterocycles. The van der Waals surface area contributed by atoms with E-state index in [1.807, 2.05) is 42.9 Å². The number of hydrogen-bond donors (Lipinski definition) is 1. The van der Waals surface area contributed by atoms with Crippen molar-refractivity contribution in [2.45, 2.75) is 29.2 Å². The standard InChI is InChI=1S/C22H22N6OS/c1-2-19(30-17-4-9-24-20-15(17)3-8-23-20)27-21-16(1)26-18(13-25-21)28-10-5-22(6-11-28)7-12-29-14-22/h1-4,8-9,13H,5-7,10-12,14H2,(H,23,24). The van der Waals surface area contributed by atoms with Gasteiger partial charge in [-0.15, -0.1) is 0 Å². The number of ether oxygens (including phenoxy) is 1. The molecule has 4 aromatic rings. The first-order chi connectivity index (χ1) is 14.8. The van der Waals surface area contributed by atoms with Crippen molar-refractivity contribution in [1.29, 1.82) is 0 Å². The SMILES string of the molecule is c1cc(Sc2ccc3nc(N4CCC5(CCOC5)CC4)cnc3n2)c2cc[nH]c2n1. The average Bonchev–Trinajstić information content (AvgIpc) is 3.44. The third-order valence-corrected chi connectivity index (χ3v) is 7.35. The number of aromatic nitrogens is 5. The lowest BCUT2D eigenvalue weighted by molar-refractivity contribution is 0.133. The highest BCUT2D eigenvalue weighted by molar-refractivity contribution is 7.99. The third-order valence-electron chi connectivity index (χ3n) is 6.33. The quantitative estimate of drug-likeness (QED) is 0.537. The highest BCUT2D eigenvalue weighted by atomic mass is 32.2. The Hall–Kier alpha value is -2.71. The molecule has 8 heteroatoms. The number of aromatic amines is 1. The summed E-state index contributed by atoms with van der Waals surface area (Å²) in [5.74, 6) is 0.946. The van der Waals surface area contributed by atoms with Gasteiger partial charge in [-0.2, -0.15) is 0 Å². The summed E-state index contributed by atoms with van der Waals surface area (Å²) in [7, 11) is 0. The van der Waals surface area contributed by atoms with Crippen LogP contribution in [0.4, 0.5) is 5.82 Å². The maximum atomic E-state index is 5.65. The Balaban J connectivity index is 1.23. The topological polar surface area (TPSA) is 79.8 Å². The van der Waals surface area contributed by atoms with E-state index in [0.717, 1.165) is 58.6 Å². The van der Waals surface area contributed by atoms with Crippen molar-refractivity contribution in [3.05, 3.63) is 42.9 Å². The van der Waals surface area contributed by atoms with Gasteiger partial charge in [0.05, 0.1) is 12.8 Å². The summed E-state index contributed by atoms with van der Waals surface area (Å²) >= 11 is 1.62. The fourth-order valence-electron chi connectivity index (χ4n) is 4.48. The van der Waals surface area contributed by atoms with Gasteiger partial charge in [-0.3, -0.25) is 0 Å². The first-order valence-electron chi connectivity index (χ1n) is 10.3. The summed E-state index contributed by atoms with van der Waals surface area (Å²) in [5, 5.41) is 2.00. The minimum Gasteiger partial charge on any atom is -0.381 e. The van der Waals surface area contributed by atoms with Gasteiger partial charge in [0, 0.05) is 42.4 Å². The van der Waals surface area contributed by atoms with Gasteiger partial charge in [-0.1, -0.05) is 11.8 Å². The second-order valence-corrected chi connectivity index (χ2v) is 9.22. The van der Waals surface area contributed by atoms with E-state index >= 15 is 0 Å². The van der Waals surface area contributed by atoms with Crippen LogP contribution in [0.2, 0.25) is 0 Å². The predicted octanol–water partition coefficient (Wildman–Crippen LogP) is 4.06. The molecule has 0 aromatic carbocycles. The van der Waals surface area contributed by atoms with E-state index in [4.69, 9.17) is 14.7 Å². The van der Waals surface area contributed by atoms with Crippen LogP contribution in [-0.2, 0) is 4.74 Å². The molecule has 4 aromatic heterocycles. The second kappa shape index (κ2) is 7.21. The average molecular weight is 419 g/mol. The maximum Gasteiger partial charge on any atom is 0.179 e. The van der Waals surface area contributed by atoms with Gasteiger partial charge < -0.3 is 14.6 Å². The number of rotatable bonds is 3. The summed E-state index contributed by atoms with van der Waals surface area (Å²) in [6.45, 7) is 3.86. The van der Waals surface area contributed by atoms with E-state index in [2.05, 4.69) is 19.9 Å². The van der Waals surface area contributed by atoms with Crippen molar-refractivity contribution in [1.82, 2.24) is 24.9 Å². The Morgan fingerprint density at radius 3 is 2.83 bits per heavy atom. The number of nitrogens with one attached hydrogen (secondary N) is 1. The van der Waals surface area contributed by atoms with Crippen molar-refractivity contribution in [2.24, 2.45) is 5.41 Å². The normalized spacial score (nSPS) is 18.6. The Bertz CT molecular complexity index is 1210. The molecule has 1 N–H and O–H groups in total. The molecule has 6 rings (SSSR count). The molecule has 152 valence electrons. The molecule has 7 nitrogen and oxygen atoms in total. The van der Waals surface area contributed by atoms with E-state index in [9.17, 15) is 0 Å². The van der Waals surface area contributed by atoms with Crippen LogP contribution in [0.5, 0.6) is 0 Å². The molecule has 0 amide bonds. The molecule has 0 radical (unpaired) electrons. The fraction of sp³-hybridized carbons (Fsp3) is 0.364. The molecular weight excluding hydrogens is 396 g/mol. The zero-order chi connectivity index (χ0) is 20.0. The first-order valence-corrected chi connectivity index (χ1v) is 11.2. The number of hydrogen-bond acceptors (Lipinski definition) is 7. The third kappa shape index (κ3) is 3.20. The Morgan fingerprint density at radius 2 is 1.97 bits per heavy atom. The lowest BCUT2D eigenvalue weighted by atomic mass is 9.78. The number of pyridine rings is 2. The lowest BCUT2D eigenvalue weighted by Crippen LogP contribution is -2.40. The van der Waals surface area contributed by atoms with E-state index in [0.29, 0.717) is 11.1 Å². The van der Waals surface area contributed by atoms with Crippen molar-refractivity contribution < 1.29 is 4.74 Å². The Morgan fingerprint density at radius 1 is 1.03 bits per heavy atom. The largest absolute Gasteiger partial charge is 0.381 e. The van der Waals surface area contributed by atoms with Gasteiger partial charge >= 0.3 is 0 Å². The van der Waals surface area contributed by atoms with Crippen LogP contribution in [0.1, 0.15) is 19.3 Å². The molecule has 2 aliphatic heterocycles. The fourth-order valence-corrected chi connectivity index (χ4v) is 5.37. The van der Waals surface area contributed by atoms with Gasteiger partial charge in [0.25, 0.3) is 0 Å². The van der Waals surface area contributed by atoms with Gasteiger partial charge in [-0.05, 0) is 48.9 Å². The molecular formula is C22H22N6OS. The number of anilines is 1. The first kappa shape index (κ1) is 18.1. The zero-order valence-corrected chi connectivity index (χ0v) is 17.4. The predicted molar refractivity (Wildman–Crippen MR) is 117 cm³/mol. The number of fused-ring (bicyclic) bond motifs is 2. The number of H-pyrrole nitrogens is 1. The maximum absolute atomic E-state index is 5.65. The molecule has 0 saturated carbocycles. The van der Waals surface area contributed by atoms with Crippen LogP contribution >= 0.6 is 11.8 Å². The molecule has 2 fully saturated rings. The van der Waals surface area contributed by atoms with Crippen molar-refractivity contribution in [3.63, 3.8) is 0 Å². The molecule has 0 aliphatic carbocycles. The summed E-state index contributed by atoms with van der Waals surface area (Å²) in [6.07, 6.45) is 9.12. The van der Waals surface area contributed by atoms with E-state index in [1.54, 1.807) is 11.8 Å². The van der Waals surface area contributed by atoms with E-state index < -0.39 is 0 Å². The lowest BCUT2D eigenvalue weighted by Gasteiger charge is -2.38. The Labute approximate surface area is 178 Å². The van der Waals surface area contributed by atoms with Crippen LogP contribution in [0.25, 0.3) is 22.2 Å². The van der Waals surface area contributed by atoms with Crippen molar-refractivity contribution in [3.8, 4) is 0 Å². The second-order valence-electron chi connectivity index (χ2n) is 8.16. The minimum atomic E-state index is 0.395. The molecule has 0 unspecified atom stereocenters. The monoisotopic (exact) mass is 418 g/mol. The van der Waals surface area contributed by atoms with Gasteiger partial charge in [0.2, 0.25) is 0 Å². The molecule has 2 aliphatic rings. The zero-order valence-electron chi connectivity index (χ0n) is 16.5. The molecule has 0 bridgehead atoms. The summed E-state index contributed by atoms with van der Waals surface area (Å²) in [4.78, 5) is 25.2. The van der Waals surface area contributed by atoms with E-state index in [-0.39, 0.29) is 0 Å². The number of nitrogens with zero attached hydrogens (tertiary/aromatic N) is 5. The van der Waals surface area contributed by atoms with E-state index in [1.165, 1.54) is 19.3 Å². The van der Waals surface area contributed by atoms with Crippen molar-refractivity contribution >= 4 is 39.8 Å². The molecule has 1 spiro atoms. The summed E-state index contributed by atoms with van der Waals surface area (Å²) < 4.78 is 5.65. The summed E-state index contributed by atoms with van der Waals surface area (Å²) in [6, 6.07) is 8.09. The van der Waals surface area contributed by atoms with Gasteiger partial charge in [0.1, 0.15) is 22.0 Å².